The third-order valence-electron chi connectivity index (χ3n) is 3.21. The fourth-order valence-corrected chi connectivity index (χ4v) is 1.63. The van der Waals surface area contributed by atoms with Crippen molar-refractivity contribution < 1.29 is 4.79 Å². The SMILES string of the molecule is CCC(C)(N)C(C)(C)/C(=C/Cl)C(N)=O. The van der Waals surface area contributed by atoms with Crippen LogP contribution in [0.15, 0.2) is 11.1 Å². The first-order valence-electron chi connectivity index (χ1n) is 4.60. The molecule has 1 unspecified atom stereocenters. The molecule has 0 saturated heterocycles. The van der Waals surface area contributed by atoms with E-state index in [2.05, 4.69) is 0 Å². The van der Waals surface area contributed by atoms with E-state index in [0.29, 0.717) is 5.57 Å². The van der Waals surface area contributed by atoms with Crippen molar-refractivity contribution in [1.82, 2.24) is 0 Å². The van der Waals surface area contributed by atoms with E-state index in [1.165, 1.54) is 5.54 Å². The fourth-order valence-electron chi connectivity index (χ4n) is 1.25. The third-order valence-corrected chi connectivity index (χ3v) is 3.43. The summed E-state index contributed by atoms with van der Waals surface area (Å²) in [6, 6.07) is 0. The van der Waals surface area contributed by atoms with Crippen molar-refractivity contribution in [2.75, 3.05) is 0 Å². The number of primary amides is 1. The highest BCUT2D eigenvalue weighted by Gasteiger charge is 2.41. The Morgan fingerprint density at radius 1 is 1.43 bits per heavy atom. The van der Waals surface area contributed by atoms with Crippen LogP contribution in [-0.4, -0.2) is 11.4 Å². The van der Waals surface area contributed by atoms with E-state index < -0.39 is 16.9 Å². The Morgan fingerprint density at radius 3 is 2.07 bits per heavy atom. The second kappa shape index (κ2) is 4.32. The Labute approximate surface area is 90.5 Å². The van der Waals surface area contributed by atoms with Crippen molar-refractivity contribution in [3.63, 3.8) is 0 Å². The van der Waals surface area contributed by atoms with Gasteiger partial charge >= 0.3 is 0 Å². The number of hydrogen-bond donors (Lipinski definition) is 2. The third kappa shape index (κ3) is 2.28. The Bertz CT molecular complexity index is 257. The number of amides is 1. The van der Waals surface area contributed by atoms with Crippen LogP contribution in [0.3, 0.4) is 0 Å². The van der Waals surface area contributed by atoms with Crippen molar-refractivity contribution in [2.45, 2.75) is 39.7 Å². The zero-order chi connectivity index (χ0) is 11.6. The monoisotopic (exact) mass is 218 g/mol. The number of carbonyl (C=O) groups excluding carboxylic acids is 1. The van der Waals surface area contributed by atoms with E-state index in [1.807, 2.05) is 27.7 Å². The van der Waals surface area contributed by atoms with Crippen LogP contribution < -0.4 is 11.5 Å². The average Bonchev–Trinajstić information content (AvgIpc) is 2.03. The minimum absolute atomic E-state index is 0.367. The quantitative estimate of drug-likeness (QED) is 0.706. The molecule has 0 aliphatic heterocycles. The molecule has 4 N–H and O–H groups in total. The van der Waals surface area contributed by atoms with Crippen molar-refractivity contribution in [3.8, 4) is 0 Å². The maximum atomic E-state index is 11.2. The maximum absolute atomic E-state index is 11.2. The largest absolute Gasteiger partial charge is 0.366 e. The smallest absolute Gasteiger partial charge is 0.246 e. The van der Waals surface area contributed by atoms with Gasteiger partial charge in [0.2, 0.25) is 5.91 Å². The lowest BCUT2D eigenvalue weighted by molar-refractivity contribution is -0.115. The number of hydrogen-bond acceptors (Lipinski definition) is 2. The fraction of sp³-hybridized carbons (Fsp3) is 0.700. The summed E-state index contributed by atoms with van der Waals surface area (Å²) in [5.41, 5.74) is 11.9. The first-order valence-corrected chi connectivity index (χ1v) is 5.04. The molecule has 0 spiro atoms. The Hall–Kier alpha value is -0.540. The van der Waals surface area contributed by atoms with Gasteiger partial charge in [-0.05, 0) is 13.3 Å². The summed E-state index contributed by atoms with van der Waals surface area (Å²) in [6.07, 6.45) is 0.738. The molecular weight excluding hydrogens is 200 g/mol. The summed E-state index contributed by atoms with van der Waals surface area (Å²) in [4.78, 5) is 11.2. The van der Waals surface area contributed by atoms with E-state index in [9.17, 15) is 4.79 Å². The zero-order valence-electron chi connectivity index (χ0n) is 9.23. The van der Waals surface area contributed by atoms with Gasteiger partial charge in [-0.25, -0.2) is 0 Å². The van der Waals surface area contributed by atoms with Crippen molar-refractivity contribution in [3.05, 3.63) is 11.1 Å². The molecule has 0 aromatic carbocycles. The van der Waals surface area contributed by atoms with E-state index >= 15 is 0 Å². The second-order valence-corrected chi connectivity index (χ2v) is 4.50. The predicted molar refractivity (Wildman–Crippen MR) is 59.8 cm³/mol. The molecule has 0 rings (SSSR count). The van der Waals surface area contributed by atoms with Crippen molar-refractivity contribution in [2.24, 2.45) is 16.9 Å². The Kier molecular flexibility index (Phi) is 4.15. The molecule has 14 heavy (non-hydrogen) atoms. The molecule has 0 aromatic heterocycles. The average molecular weight is 219 g/mol. The lowest BCUT2D eigenvalue weighted by Crippen LogP contribution is -2.52. The van der Waals surface area contributed by atoms with Crippen LogP contribution in [0.5, 0.6) is 0 Å². The van der Waals surface area contributed by atoms with Crippen LogP contribution >= 0.6 is 11.6 Å². The summed E-state index contributed by atoms with van der Waals surface area (Å²) >= 11 is 5.59. The lowest BCUT2D eigenvalue weighted by atomic mass is 9.68. The normalized spacial score (nSPS) is 17.7. The van der Waals surface area contributed by atoms with Gasteiger partial charge in [0.25, 0.3) is 0 Å². The zero-order valence-corrected chi connectivity index (χ0v) is 9.98. The molecule has 0 heterocycles. The molecule has 82 valence electrons. The summed E-state index contributed by atoms with van der Waals surface area (Å²) in [6.45, 7) is 7.59. The molecule has 0 fully saturated rings. The van der Waals surface area contributed by atoms with Gasteiger partial charge in [-0.15, -0.1) is 0 Å². The van der Waals surface area contributed by atoms with E-state index in [-0.39, 0.29) is 0 Å². The highest BCUT2D eigenvalue weighted by molar-refractivity contribution is 6.27. The molecule has 0 radical (unpaired) electrons. The van der Waals surface area contributed by atoms with E-state index in [0.717, 1.165) is 6.42 Å². The first-order chi connectivity index (χ1) is 6.20. The highest BCUT2D eigenvalue weighted by Crippen LogP contribution is 2.38. The Morgan fingerprint density at radius 2 is 1.86 bits per heavy atom. The van der Waals surface area contributed by atoms with E-state index in [4.69, 9.17) is 23.1 Å². The lowest BCUT2D eigenvalue weighted by Gasteiger charge is -2.41. The summed E-state index contributed by atoms with van der Waals surface area (Å²) in [5, 5.41) is 0. The van der Waals surface area contributed by atoms with Crippen LogP contribution in [0, 0.1) is 5.41 Å². The minimum atomic E-state index is -0.532. The second-order valence-electron chi connectivity index (χ2n) is 4.28. The van der Waals surface area contributed by atoms with Crippen LogP contribution in [0.2, 0.25) is 0 Å². The Balaban J connectivity index is 5.23. The number of rotatable bonds is 4. The van der Waals surface area contributed by atoms with Crippen LogP contribution in [0.25, 0.3) is 0 Å². The number of halogens is 1. The van der Waals surface area contributed by atoms with Crippen molar-refractivity contribution >= 4 is 17.5 Å². The standard InChI is InChI=1S/C10H19ClN2O/c1-5-10(4,13)9(2,3)7(6-11)8(12)14/h6H,5,13H2,1-4H3,(H2,12,14)/b7-6+. The van der Waals surface area contributed by atoms with Crippen LogP contribution in [0.1, 0.15) is 34.1 Å². The van der Waals surface area contributed by atoms with Gasteiger partial charge in [0.05, 0.1) is 0 Å². The van der Waals surface area contributed by atoms with Gasteiger partial charge in [0, 0.05) is 22.1 Å². The van der Waals surface area contributed by atoms with Gasteiger partial charge in [-0.3, -0.25) is 4.79 Å². The molecule has 0 aromatic rings. The molecule has 3 nitrogen and oxygen atoms in total. The first kappa shape index (κ1) is 13.5. The molecule has 4 heteroatoms. The maximum Gasteiger partial charge on any atom is 0.246 e. The summed E-state index contributed by atoms with van der Waals surface area (Å²) in [7, 11) is 0. The molecule has 0 aliphatic carbocycles. The van der Waals surface area contributed by atoms with Gasteiger partial charge in [-0.1, -0.05) is 32.4 Å². The summed E-state index contributed by atoms with van der Waals surface area (Å²) < 4.78 is 0. The van der Waals surface area contributed by atoms with Crippen molar-refractivity contribution in [1.29, 1.82) is 0 Å². The van der Waals surface area contributed by atoms with Crippen LogP contribution in [0.4, 0.5) is 0 Å². The van der Waals surface area contributed by atoms with Crippen LogP contribution in [-0.2, 0) is 4.79 Å². The molecule has 1 atom stereocenters. The minimum Gasteiger partial charge on any atom is -0.366 e. The molecule has 0 bridgehead atoms. The van der Waals surface area contributed by atoms with Gasteiger partial charge in [0.15, 0.2) is 0 Å². The molecular formula is C10H19ClN2O. The number of carbonyl (C=O) groups is 1. The topological polar surface area (TPSA) is 69.1 Å². The predicted octanol–water partition coefficient (Wildman–Crippen LogP) is 1.75. The summed E-state index contributed by atoms with van der Waals surface area (Å²) in [5.74, 6) is -0.518. The molecule has 1 amide bonds. The highest BCUT2D eigenvalue weighted by atomic mass is 35.5. The number of nitrogens with two attached hydrogens (primary N) is 2. The van der Waals surface area contributed by atoms with Gasteiger partial charge < -0.3 is 11.5 Å². The van der Waals surface area contributed by atoms with Gasteiger partial charge in [-0.2, -0.15) is 0 Å². The molecule has 0 aliphatic rings. The molecule has 0 saturated carbocycles. The van der Waals surface area contributed by atoms with E-state index in [1.54, 1.807) is 0 Å². The van der Waals surface area contributed by atoms with Gasteiger partial charge in [0.1, 0.15) is 0 Å².